The van der Waals surface area contributed by atoms with E-state index in [2.05, 4.69) is 20.2 Å². The molecule has 4 rings (SSSR count). The molecule has 1 aromatic carbocycles. The van der Waals surface area contributed by atoms with Crippen molar-refractivity contribution in [3.05, 3.63) is 58.9 Å². The van der Waals surface area contributed by atoms with Crippen LogP contribution in [0.25, 0.3) is 33.9 Å². The molecular weight excluding hydrogens is 298 g/mol. The molecule has 0 fully saturated rings. The number of aromatic amines is 1. The summed E-state index contributed by atoms with van der Waals surface area (Å²) in [6.45, 7) is 0. The molecule has 0 aliphatic rings. The van der Waals surface area contributed by atoms with Gasteiger partial charge in [-0.3, -0.25) is 15.1 Å². The number of rotatable bonds is 3. The van der Waals surface area contributed by atoms with E-state index in [4.69, 9.17) is 4.42 Å². The molecule has 3 aromatic heterocycles. The number of fused-ring (bicyclic) bond motifs is 1. The van der Waals surface area contributed by atoms with E-state index < -0.39 is 4.92 Å². The van der Waals surface area contributed by atoms with Crippen molar-refractivity contribution < 1.29 is 9.34 Å². The van der Waals surface area contributed by atoms with Gasteiger partial charge in [-0.2, -0.15) is 0 Å². The highest BCUT2D eigenvalue weighted by atomic mass is 16.6. The maximum Gasteiger partial charge on any atom is 0.270 e. The van der Waals surface area contributed by atoms with Gasteiger partial charge >= 0.3 is 0 Å². The number of pyridine rings is 1. The van der Waals surface area contributed by atoms with Gasteiger partial charge in [-0.1, -0.05) is 0 Å². The Bertz CT molecular complexity index is 1010. The first-order valence-corrected chi connectivity index (χ1v) is 6.72. The van der Waals surface area contributed by atoms with E-state index in [-0.39, 0.29) is 5.69 Å². The summed E-state index contributed by atoms with van der Waals surface area (Å²) in [5.41, 5.74) is 2.17. The van der Waals surface area contributed by atoms with Crippen LogP contribution in [0.3, 0.4) is 0 Å². The molecule has 0 aliphatic carbocycles. The minimum atomic E-state index is -0.430. The van der Waals surface area contributed by atoms with Crippen molar-refractivity contribution in [1.29, 1.82) is 0 Å². The van der Waals surface area contributed by atoms with Crippen molar-refractivity contribution in [3.8, 4) is 23.0 Å². The fraction of sp³-hybridized carbons (Fsp3) is 0. The second kappa shape index (κ2) is 5.02. The van der Waals surface area contributed by atoms with Gasteiger partial charge in [-0.25, -0.2) is 0 Å². The highest BCUT2D eigenvalue weighted by Crippen LogP contribution is 2.28. The van der Waals surface area contributed by atoms with Crippen LogP contribution in [0.15, 0.2) is 53.2 Å². The van der Waals surface area contributed by atoms with Gasteiger partial charge in [0.15, 0.2) is 0 Å². The summed E-state index contributed by atoms with van der Waals surface area (Å²) in [6.07, 6.45) is 3.28. The zero-order valence-corrected chi connectivity index (χ0v) is 11.6. The van der Waals surface area contributed by atoms with E-state index in [0.29, 0.717) is 22.9 Å². The van der Waals surface area contributed by atoms with Crippen LogP contribution >= 0.6 is 0 Å². The molecule has 0 amide bonds. The molecule has 3 heterocycles. The van der Waals surface area contributed by atoms with Gasteiger partial charge in [0.2, 0.25) is 5.89 Å². The molecule has 0 saturated carbocycles. The van der Waals surface area contributed by atoms with E-state index >= 15 is 0 Å². The first-order chi connectivity index (χ1) is 11.2. The standard InChI is InChI=1S/C15H9N5O3/c21-20(22)11-1-2-12-10(7-11)8-13(17-12)15-19-18-14(23-15)9-3-5-16-6-4-9/h1-8,17H. The molecule has 0 atom stereocenters. The number of nitrogens with zero attached hydrogens (tertiary/aromatic N) is 4. The summed E-state index contributed by atoms with van der Waals surface area (Å²) in [5.74, 6) is 0.697. The zero-order chi connectivity index (χ0) is 15.8. The molecule has 1 N–H and O–H groups in total. The Labute approximate surface area is 129 Å². The van der Waals surface area contributed by atoms with Crippen LogP contribution in [-0.2, 0) is 0 Å². The minimum Gasteiger partial charge on any atom is -0.415 e. The van der Waals surface area contributed by atoms with Gasteiger partial charge in [0.1, 0.15) is 5.69 Å². The molecule has 0 saturated heterocycles. The quantitative estimate of drug-likeness (QED) is 0.459. The third kappa shape index (κ3) is 2.31. The molecule has 0 spiro atoms. The molecule has 0 radical (unpaired) electrons. The minimum absolute atomic E-state index is 0.0334. The molecule has 0 unspecified atom stereocenters. The number of aromatic nitrogens is 4. The van der Waals surface area contributed by atoms with Crippen molar-refractivity contribution >= 4 is 16.6 Å². The number of hydrogen-bond donors (Lipinski definition) is 1. The fourth-order valence-corrected chi connectivity index (χ4v) is 2.29. The Balaban J connectivity index is 1.75. The van der Waals surface area contributed by atoms with E-state index in [0.717, 1.165) is 11.1 Å². The van der Waals surface area contributed by atoms with Gasteiger partial charge in [0.25, 0.3) is 11.6 Å². The third-order valence-corrected chi connectivity index (χ3v) is 3.40. The van der Waals surface area contributed by atoms with Gasteiger partial charge in [-0.15, -0.1) is 10.2 Å². The summed E-state index contributed by atoms with van der Waals surface area (Å²) in [4.78, 5) is 17.4. The summed E-state index contributed by atoms with van der Waals surface area (Å²) in [7, 11) is 0. The number of non-ortho nitro benzene ring substituents is 1. The predicted molar refractivity (Wildman–Crippen MR) is 81.5 cm³/mol. The molecule has 23 heavy (non-hydrogen) atoms. The molecule has 0 bridgehead atoms. The van der Waals surface area contributed by atoms with Crippen LogP contribution in [0.5, 0.6) is 0 Å². The van der Waals surface area contributed by atoms with Crippen molar-refractivity contribution in [2.45, 2.75) is 0 Å². The number of benzene rings is 1. The molecule has 4 aromatic rings. The normalized spacial score (nSPS) is 11.0. The van der Waals surface area contributed by atoms with Crippen LogP contribution in [0.2, 0.25) is 0 Å². The predicted octanol–water partition coefficient (Wildman–Crippen LogP) is 3.19. The zero-order valence-electron chi connectivity index (χ0n) is 11.6. The number of hydrogen-bond acceptors (Lipinski definition) is 6. The summed E-state index contributed by atoms with van der Waals surface area (Å²) in [6, 6.07) is 9.87. The van der Waals surface area contributed by atoms with Crippen LogP contribution in [0.4, 0.5) is 5.69 Å². The van der Waals surface area contributed by atoms with E-state index in [1.807, 2.05) is 0 Å². The van der Waals surface area contributed by atoms with Crippen LogP contribution in [0, 0.1) is 10.1 Å². The van der Waals surface area contributed by atoms with Crippen LogP contribution < -0.4 is 0 Å². The largest absolute Gasteiger partial charge is 0.415 e. The maximum absolute atomic E-state index is 10.8. The average Bonchev–Trinajstić information content (AvgIpc) is 3.21. The number of H-pyrrole nitrogens is 1. The lowest BCUT2D eigenvalue weighted by atomic mass is 10.2. The van der Waals surface area contributed by atoms with Gasteiger partial charge < -0.3 is 9.40 Å². The van der Waals surface area contributed by atoms with Crippen molar-refractivity contribution in [2.75, 3.05) is 0 Å². The summed E-state index contributed by atoms with van der Waals surface area (Å²) >= 11 is 0. The van der Waals surface area contributed by atoms with Crippen LogP contribution in [0.1, 0.15) is 0 Å². The monoisotopic (exact) mass is 307 g/mol. The number of nitro groups is 1. The highest BCUT2D eigenvalue weighted by Gasteiger charge is 2.14. The van der Waals surface area contributed by atoms with Crippen molar-refractivity contribution in [1.82, 2.24) is 20.2 Å². The van der Waals surface area contributed by atoms with Gasteiger partial charge in [0.05, 0.1) is 4.92 Å². The van der Waals surface area contributed by atoms with Crippen molar-refractivity contribution in [3.63, 3.8) is 0 Å². The Morgan fingerprint density at radius 2 is 1.83 bits per heavy atom. The Morgan fingerprint density at radius 3 is 2.61 bits per heavy atom. The van der Waals surface area contributed by atoms with E-state index in [1.165, 1.54) is 12.1 Å². The van der Waals surface area contributed by atoms with E-state index in [9.17, 15) is 10.1 Å². The first kappa shape index (κ1) is 13.1. The molecule has 0 aliphatic heterocycles. The van der Waals surface area contributed by atoms with Crippen LogP contribution in [-0.4, -0.2) is 25.1 Å². The van der Waals surface area contributed by atoms with E-state index in [1.54, 1.807) is 36.7 Å². The highest BCUT2D eigenvalue weighted by molar-refractivity contribution is 5.86. The summed E-state index contributed by atoms with van der Waals surface area (Å²) < 4.78 is 5.65. The Morgan fingerprint density at radius 1 is 1.04 bits per heavy atom. The van der Waals surface area contributed by atoms with Crippen molar-refractivity contribution in [2.24, 2.45) is 0 Å². The lowest BCUT2D eigenvalue weighted by Crippen LogP contribution is -1.86. The average molecular weight is 307 g/mol. The molecule has 8 nitrogen and oxygen atoms in total. The molecule has 8 heteroatoms. The number of nitro benzene ring substituents is 1. The molecule has 112 valence electrons. The topological polar surface area (TPSA) is 111 Å². The summed E-state index contributed by atoms with van der Waals surface area (Å²) in [5, 5.41) is 19.6. The first-order valence-electron chi connectivity index (χ1n) is 6.72. The SMILES string of the molecule is O=[N+]([O-])c1ccc2[nH]c(-c3nnc(-c4ccncc4)o3)cc2c1. The fourth-order valence-electron chi connectivity index (χ4n) is 2.29. The Kier molecular flexibility index (Phi) is 2.87. The second-order valence-corrected chi connectivity index (χ2v) is 4.86. The molecular formula is C15H9N5O3. The second-order valence-electron chi connectivity index (χ2n) is 4.86. The third-order valence-electron chi connectivity index (χ3n) is 3.40. The number of nitrogens with one attached hydrogen (secondary N) is 1. The Hall–Kier alpha value is -3.55. The van der Waals surface area contributed by atoms with Gasteiger partial charge in [-0.05, 0) is 24.3 Å². The lowest BCUT2D eigenvalue weighted by Gasteiger charge is -1.91. The maximum atomic E-state index is 10.8. The lowest BCUT2D eigenvalue weighted by molar-refractivity contribution is -0.384. The van der Waals surface area contributed by atoms with Gasteiger partial charge in [0, 0.05) is 41.0 Å². The smallest absolute Gasteiger partial charge is 0.270 e.